The third kappa shape index (κ3) is 20.4. The quantitative estimate of drug-likeness (QED) is 0.195. The minimum atomic E-state index is -0.645. The number of hydrogen-bond donors (Lipinski definition) is 0. The van der Waals surface area contributed by atoms with Gasteiger partial charge in [-0.25, -0.2) is 0 Å². The Balaban J connectivity index is 0. The Hall–Kier alpha value is 0.460. The van der Waals surface area contributed by atoms with Crippen molar-refractivity contribution in [3.63, 3.8) is 0 Å². The van der Waals surface area contributed by atoms with Crippen LogP contribution in [0.15, 0.2) is 12.7 Å². The van der Waals surface area contributed by atoms with Crippen molar-refractivity contribution in [2.24, 2.45) is 0 Å². The highest BCUT2D eigenvalue weighted by Crippen LogP contribution is 2.51. The van der Waals surface area contributed by atoms with Crippen LogP contribution in [-0.2, 0) is 0 Å². The third-order valence-electron chi connectivity index (χ3n) is 4.74. The molecule has 0 aromatic heterocycles. The molecule has 0 amide bonds. The van der Waals surface area contributed by atoms with Crippen LogP contribution in [-0.4, -0.2) is 25.7 Å². The Labute approximate surface area is 155 Å². The summed E-state index contributed by atoms with van der Waals surface area (Å²) in [6.45, 7) is 11.2. The van der Waals surface area contributed by atoms with Gasteiger partial charge in [-0.15, -0.1) is 0 Å². The zero-order valence-electron chi connectivity index (χ0n) is 16.4. The van der Waals surface area contributed by atoms with Crippen LogP contribution in [0.2, 0.25) is 0 Å². The van der Waals surface area contributed by atoms with Crippen LogP contribution in [0, 0.1) is 0 Å². The fourth-order valence-electron chi connectivity index (χ4n) is 3.18. The Morgan fingerprint density at radius 3 is 1.35 bits per heavy atom. The van der Waals surface area contributed by atoms with E-state index in [9.17, 15) is 0 Å². The summed E-state index contributed by atoms with van der Waals surface area (Å²) in [4.78, 5) is 0. The van der Waals surface area contributed by atoms with Crippen LogP contribution in [0.25, 0.3) is 0 Å². The molecule has 0 unspecified atom stereocenters. The smallest absolute Gasteiger partial charge is 0.0765 e. The van der Waals surface area contributed by atoms with Gasteiger partial charge < -0.3 is 12.4 Å². The molecule has 0 spiro atoms. The maximum absolute atomic E-state index is 3.89. The first kappa shape index (κ1) is 25.7. The van der Waals surface area contributed by atoms with Gasteiger partial charge in [-0.05, 0) is 12.8 Å². The Morgan fingerprint density at radius 2 is 1.00 bits per heavy atom. The summed E-state index contributed by atoms with van der Waals surface area (Å²) in [7, 11) is -0.645. The molecular formula is C21H44ClP. The van der Waals surface area contributed by atoms with E-state index in [0.717, 1.165) is 0 Å². The van der Waals surface area contributed by atoms with Crippen molar-refractivity contribution in [1.82, 2.24) is 0 Å². The normalized spacial score (nSPS) is 11.3. The molecule has 0 aromatic carbocycles. The molecule has 23 heavy (non-hydrogen) atoms. The van der Waals surface area contributed by atoms with Crippen molar-refractivity contribution in [3.8, 4) is 0 Å². The molecule has 0 rings (SSSR count). The lowest BCUT2D eigenvalue weighted by atomic mass is 10.0. The lowest BCUT2D eigenvalue weighted by Crippen LogP contribution is -3.00. The van der Waals surface area contributed by atoms with E-state index in [1.807, 2.05) is 0 Å². The Kier molecular flexibility index (Phi) is 21.0. The highest BCUT2D eigenvalue weighted by Gasteiger charge is 2.21. The van der Waals surface area contributed by atoms with E-state index in [-0.39, 0.29) is 12.4 Å². The van der Waals surface area contributed by atoms with Gasteiger partial charge in [-0.2, -0.15) is 0 Å². The summed E-state index contributed by atoms with van der Waals surface area (Å²) in [5.74, 6) is 0. The molecule has 0 aromatic rings. The van der Waals surface area contributed by atoms with E-state index in [4.69, 9.17) is 0 Å². The first-order chi connectivity index (χ1) is 10.6. The topological polar surface area (TPSA) is 0 Å². The van der Waals surface area contributed by atoms with Gasteiger partial charge in [0.1, 0.15) is 0 Å². The van der Waals surface area contributed by atoms with Crippen molar-refractivity contribution < 1.29 is 12.4 Å². The predicted molar refractivity (Wildman–Crippen MR) is 109 cm³/mol. The van der Waals surface area contributed by atoms with E-state index >= 15 is 0 Å². The van der Waals surface area contributed by atoms with Gasteiger partial charge in [-0.3, -0.25) is 0 Å². The van der Waals surface area contributed by atoms with Gasteiger partial charge in [0.05, 0.1) is 12.3 Å². The van der Waals surface area contributed by atoms with Gasteiger partial charge in [0.15, 0.2) is 0 Å². The lowest BCUT2D eigenvalue weighted by Gasteiger charge is -2.15. The molecule has 0 aliphatic rings. The Morgan fingerprint density at radius 1 is 0.652 bits per heavy atom. The van der Waals surface area contributed by atoms with Gasteiger partial charge in [-0.1, -0.05) is 96.6 Å². The summed E-state index contributed by atoms with van der Waals surface area (Å²) in [6.07, 6.45) is 25.3. The summed E-state index contributed by atoms with van der Waals surface area (Å²) in [6, 6.07) is 0. The largest absolute Gasteiger partial charge is 1.00 e. The summed E-state index contributed by atoms with van der Waals surface area (Å²) in [5, 5.41) is 0. The number of allylic oxidation sites excluding steroid dienone is 1. The van der Waals surface area contributed by atoms with Crippen molar-refractivity contribution in [2.75, 3.05) is 25.7 Å². The predicted octanol–water partition coefficient (Wildman–Crippen LogP) is 4.93. The number of unbranched alkanes of at least 4 members (excludes halogenated alkanes) is 13. The highest BCUT2D eigenvalue weighted by molar-refractivity contribution is 7.74. The van der Waals surface area contributed by atoms with E-state index < -0.39 is 7.26 Å². The van der Waals surface area contributed by atoms with Gasteiger partial charge in [0.25, 0.3) is 0 Å². The van der Waals surface area contributed by atoms with Crippen LogP contribution in [0.4, 0.5) is 0 Å². The third-order valence-corrected chi connectivity index (χ3v) is 7.51. The molecule has 2 heteroatoms. The number of halogens is 1. The van der Waals surface area contributed by atoms with E-state index in [2.05, 4.69) is 32.9 Å². The molecule has 0 heterocycles. The molecule has 0 N–H and O–H groups in total. The first-order valence-corrected chi connectivity index (χ1v) is 13.1. The minimum Gasteiger partial charge on any atom is -1.00 e. The molecule has 0 nitrogen and oxygen atoms in total. The van der Waals surface area contributed by atoms with E-state index in [1.54, 1.807) is 0 Å². The monoisotopic (exact) mass is 362 g/mol. The van der Waals surface area contributed by atoms with E-state index in [0.29, 0.717) is 0 Å². The second-order valence-corrected chi connectivity index (χ2v) is 12.4. The zero-order valence-corrected chi connectivity index (χ0v) is 18.1. The molecule has 0 radical (unpaired) electrons. The molecule has 140 valence electrons. The van der Waals surface area contributed by atoms with Crippen LogP contribution in [0.5, 0.6) is 0 Å². The van der Waals surface area contributed by atoms with Gasteiger partial charge in [0, 0.05) is 20.6 Å². The summed E-state index contributed by atoms with van der Waals surface area (Å²) >= 11 is 0. The second-order valence-electron chi connectivity index (χ2n) is 7.73. The maximum Gasteiger partial charge on any atom is 0.0765 e. The van der Waals surface area contributed by atoms with Gasteiger partial charge >= 0.3 is 0 Å². The number of hydrogen-bond acceptors (Lipinski definition) is 0. The van der Waals surface area contributed by atoms with Crippen molar-refractivity contribution in [2.45, 2.75) is 96.8 Å². The molecule has 0 aliphatic carbocycles. The van der Waals surface area contributed by atoms with Crippen LogP contribution in [0.1, 0.15) is 96.8 Å². The summed E-state index contributed by atoms with van der Waals surface area (Å²) in [5.41, 5.74) is 0. The van der Waals surface area contributed by atoms with Crippen LogP contribution >= 0.6 is 7.26 Å². The van der Waals surface area contributed by atoms with Crippen molar-refractivity contribution in [1.29, 1.82) is 0 Å². The molecule has 0 saturated heterocycles. The van der Waals surface area contributed by atoms with Crippen LogP contribution < -0.4 is 12.4 Å². The Bertz CT molecular complexity index is 238. The molecule has 0 fully saturated rings. The molecule has 0 bridgehead atoms. The SMILES string of the molecule is C=CC[P+](C)(C)CCCCCCCCCCCCCCCC.[Cl-]. The first-order valence-electron chi connectivity index (χ1n) is 10.1. The average molecular weight is 363 g/mol. The molecule has 0 aliphatic heterocycles. The highest BCUT2D eigenvalue weighted by atomic mass is 35.5. The maximum atomic E-state index is 3.89. The number of rotatable bonds is 17. The molecule has 0 saturated carbocycles. The summed E-state index contributed by atoms with van der Waals surface area (Å²) < 4.78 is 0. The van der Waals surface area contributed by atoms with Crippen LogP contribution in [0.3, 0.4) is 0 Å². The second kappa shape index (κ2) is 18.8. The standard InChI is InChI=1S/C21H44P.ClH/c1-5-7-8-9-10-11-12-13-14-15-16-17-18-19-21-22(3,4)20-6-2;/h6H,2,5,7-21H2,1,3-4H3;1H/q+1;/p-1. The molecular weight excluding hydrogens is 319 g/mol. The van der Waals surface area contributed by atoms with Gasteiger partial charge in [0.2, 0.25) is 0 Å². The fraction of sp³-hybridized carbons (Fsp3) is 0.905. The minimum absolute atomic E-state index is 0. The van der Waals surface area contributed by atoms with Crippen molar-refractivity contribution in [3.05, 3.63) is 12.7 Å². The van der Waals surface area contributed by atoms with Crippen molar-refractivity contribution >= 4 is 7.26 Å². The average Bonchev–Trinajstić information content (AvgIpc) is 2.47. The van der Waals surface area contributed by atoms with E-state index in [1.165, 1.54) is 102 Å². The lowest BCUT2D eigenvalue weighted by molar-refractivity contribution is -0.00000511. The fourth-order valence-corrected chi connectivity index (χ4v) is 5.14. The zero-order chi connectivity index (χ0) is 16.5. The molecule has 0 atom stereocenters.